The number of nitrogens with two attached hydrogens (primary N) is 1. The minimum absolute atomic E-state index is 0.0400. The molecule has 0 amide bonds. The fourth-order valence-electron chi connectivity index (χ4n) is 4.08. The molecule has 3 nitrogen and oxygen atoms in total. The first kappa shape index (κ1) is 15.3. The Morgan fingerprint density at radius 2 is 1.79 bits per heavy atom. The molecule has 112 valence electrons. The Morgan fingerprint density at radius 1 is 1.16 bits per heavy atom. The Balaban J connectivity index is 2.12. The van der Waals surface area contributed by atoms with Gasteiger partial charge in [-0.1, -0.05) is 33.6 Å². The summed E-state index contributed by atoms with van der Waals surface area (Å²) < 4.78 is 0. The van der Waals surface area contributed by atoms with Crippen LogP contribution in [0.2, 0.25) is 0 Å². The topological polar surface area (TPSA) is 49.5 Å². The number of piperidine rings is 1. The fourth-order valence-corrected chi connectivity index (χ4v) is 4.08. The molecule has 1 saturated heterocycles. The number of likely N-dealkylation sites (tertiary alicyclic amines) is 1. The predicted octanol–water partition coefficient (Wildman–Crippen LogP) is 2.38. The number of hydrogen-bond donors (Lipinski definition) is 2. The molecule has 0 aromatic rings. The number of nitrogens with zero attached hydrogens (tertiary/aromatic N) is 1. The Hall–Kier alpha value is -0.120. The van der Waals surface area contributed by atoms with Crippen LogP contribution in [0.25, 0.3) is 0 Å². The highest BCUT2D eigenvalue weighted by Crippen LogP contribution is 2.37. The van der Waals surface area contributed by atoms with Gasteiger partial charge in [-0.3, -0.25) is 4.90 Å². The van der Waals surface area contributed by atoms with Gasteiger partial charge < -0.3 is 10.8 Å². The molecule has 4 unspecified atom stereocenters. The van der Waals surface area contributed by atoms with Gasteiger partial charge in [0.25, 0.3) is 0 Å². The van der Waals surface area contributed by atoms with E-state index in [9.17, 15) is 5.11 Å². The number of aliphatic hydroxyl groups excluding tert-OH is 1. The standard InChI is InChI=1S/C16H32N2O/c1-16(2,3)15(17)14(11-19)18-10-6-8-12-7-4-5-9-13(12)18/h12-15,19H,4-11,17H2,1-3H3. The zero-order valence-electron chi connectivity index (χ0n) is 12.9. The van der Waals surface area contributed by atoms with Crippen molar-refractivity contribution in [3.63, 3.8) is 0 Å². The van der Waals surface area contributed by atoms with Gasteiger partial charge >= 0.3 is 0 Å². The second kappa shape index (κ2) is 6.11. The van der Waals surface area contributed by atoms with E-state index in [1.165, 1.54) is 38.5 Å². The predicted molar refractivity (Wildman–Crippen MR) is 80.0 cm³/mol. The van der Waals surface area contributed by atoms with Gasteiger partial charge in [0.2, 0.25) is 0 Å². The molecular formula is C16H32N2O. The zero-order chi connectivity index (χ0) is 14.0. The van der Waals surface area contributed by atoms with Crippen LogP contribution in [0.5, 0.6) is 0 Å². The molecule has 0 spiro atoms. The van der Waals surface area contributed by atoms with Gasteiger partial charge in [-0.05, 0) is 43.6 Å². The number of hydrogen-bond acceptors (Lipinski definition) is 3. The van der Waals surface area contributed by atoms with Crippen molar-refractivity contribution in [3.8, 4) is 0 Å². The minimum atomic E-state index is 0.0400. The van der Waals surface area contributed by atoms with E-state index in [0.717, 1.165) is 12.5 Å². The smallest absolute Gasteiger partial charge is 0.0602 e. The highest BCUT2D eigenvalue weighted by Gasteiger charge is 2.40. The number of fused-ring (bicyclic) bond motifs is 1. The summed E-state index contributed by atoms with van der Waals surface area (Å²) >= 11 is 0. The molecule has 1 heterocycles. The molecule has 4 atom stereocenters. The van der Waals surface area contributed by atoms with Crippen molar-refractivity contribution >= 4 is 0 Å². The summed E-state index contributed by atoms with van der Waals surface area (Å²) in [7, 11) is 0. The van der Waals surface area contributed by atoms with E-state index in [1.807, 2.05) is 0 Å². The van der Waals surface area contributed by atoms with Crippen molar-refractivity contribution in [2.45, 2.75) is 77.4 Å². The first-order chi connectivity index (χ1) is 8.95. The van der Waals surface area contributed by atoms with E-state index in [4.69, 9.17) is 5.73 Å². The lowest BCUT2D eigenvalue weighted by Crippen LogP contribution is -2.61. The van der Waals surface area contributed by atoms with Crippen molar-refractivity contribution in [2.24, 2.45) is 17.1 Å². The molecule has 0 aromatic heterocycles. The number of aliphatic hydroxyl groups is 1. The van der Waals surface area contributed by atoms with Crippen molar-refractivity contribution in [1.82, 2.24) is 4.90 Å². The summed E-state index contributed by atoms with van der Waals surface area (Å²) in [5.41, 5.74) is 6.51. The van der Waals surface area contributed by atoms with Crippen molar-refractivity contribution < 1.29 is 5.11 Å². The molecule has 2 aliphatic rings. The Labute approximate surface area is 118 Å². The van der Waals surface area contributed by atoms with Gasteiger partial charge in [0.05, 0.1) is 6.61 Å². The maximum Gasteiger partial charge on any atom is 0.0602 e. The second-order valence-electron chi connectivity index (χ2n) is 7.63. The van der Waals surface area contributed by atoms with E-state index in [0.29, 0.717) is 6.04 Å². The summed E-state index contributed by atoms with van der Waals surface area (Å²) in [6.07, 6.45) is 8.07. The molecule has 3 heteroatoms. The van der Waals surface area contributed by atoms with Crippen LogP contribution in [-0.2, 0) is 0 Å². The summed E-state index contributed by atoms with van der Waals surface area (Å²) in [6.45, 7) is 7.87. The lowest BCUT2D eigenvalue weighted by molar-refractivity contribution is -0.0181. The highest BCUT2D eigenvalue weighted by atomic mass is 16.3. The number of rotatable bonds is 3. The molecule has 1 saturated carbocycles. The quantitative estimate of drug-likeness (QED) is 0.826. The first-order valence-electron chi connectivity index (χ1n) is 8.07. The third-order valence-electron chi connectivity index (χ3n) is 5.31. The van der Waals surface area contributed by atoms with E-state index in [1.54, 1.807) is 0 Å². The van der Waals surface area contributed by atoms with Crippen LogP contribution < -0.4 is 5.73 Å². The van der Waals surface area contributed by atoms with Crippen LogP contribution >= 0.6 is 0 Å². The first-order valence-corrected chi connectivity index (χ1v) is 8.07. The zero-order valence-corrected chi connectivity index (χ0v) is 12.9. The van der Waals surface area contributed by atoms with Gasteiger partial charge in [0.15, 0.2) is 0 Å². The molecule has 19 heavy (non-hydrogen) atoms. The highest BCUT2D eigenvalue weighted by molar-refractivity contribution is 4.96. The molecule has 1 aliphatic carbocycles. The van der Waals surface area contributed by atoms with Gasteiger partial charge in [0, 0.05) is 18.1 Å². The van der Waals surface area contributed by atoms with Crippen LogP contribution in [-0.4, -0.2) is 41.3 Å². The van der Waals surface area contributed by atoms with Crippen molar-refractivity contribution in [1.29, 1.82) is 0 Å². The monoisotopic (exact) mass is 268 g/mol. The van der Waals surface area contributed by atoms with Gasteiger partial charge in [-0.25, -0.2) is 0 Å². The van der Waals surface area contributed by atoms with E-state index < -0.39 is 0 Å². The minimum Gasteiger partial charge on any atom is -0.395 e. The van der Waals surface area contributed by atoms with Crippen molar-refractivity contribution in [3.05, 3.63) is 0 Å². The molecule has 0 bridgehead atoms. The van der Waals surface area contributed by atoms with Crippen LogP contribution in [0.4, 0.5) is 0 Å². The van der Waals surface area contributed by atoms with Gasteiger partial charge in [0.1, 0.15) is 0 Å². The summed E-state index contributed by atoms with van der Waals surface area (Å²) in [4.78, 5) is 2.56. The molecule has 1 aliphatic heterocycles. The normalized spacial score (nSPS) is 32.7. The average Bonchev–Trinajstić information content (AvgIpc) is 2.38. The van der Waals surface area contributed by atoms with E-state index in [2.05, 4.69) is 25.7 Å². The van der Waals surface area contributed by atoms with Crippen molar-refractivity contribution in [2.75, 3.05) is 13.2 Å². The third kappa shape index (κ3) is 3.32. The van der Waals surface area contributed by atoms with E-state index >= 15 is 0 Å². The van der Waals surface area contributed by atoms with Crippen LogP contribution in [0.3, 0.4) is 0 Å². The summed E-state index contributed by atoms with van der Waals surface area (Å²) in [5, 5.41) is 9.88. The Morgan fingerprint density at radius 3 is 2.42 bits per heavy atom. The molecule has 2 fully saturated rings. The van der Waals surface area contributed by atoms with Gasteiger partial charge in [-0.2, -0.15) is 0 Å². The summed E-state index contributed by atoms with van der Waals surface area (Å²) in [5.74, 6) is 0.851. The van der Waals surface area contributed by atoms with Gasteiger partial charge in [-0.15, -0.1) is 0 Å². The van der Waals surface area contributed by atoms with Crippen LogP contribution in [0, 0.1) is 11.3 Å². The van der Waals surface area contributed by atoms with Crippen LogP contribution in [0.15, 0.2) is 0 Å². The molecular weight excluding hydrogens is 236 g/mol. The molecule has 0 radical (unpaired) electrons. The Kier molecular flexibility index (Phi) is 4.91. The molecule has 3 N–H and O–H groups in total. The van der Waals surface area contributed by atoms with Crippen LogP contribution in [0.1, 0.15) is 59.3 Å². The fraction of sp³-hybridized carbons (Fsp3) is 1.00. The lowest BCUT2D eigenvalue weighted by Gasteiger charge is -2.50. The largest absolute Gasteiger partial charge is 0.395 e. The second-order valence-corrected chi connectivity index (χ2v) is 7.63. The average molecular weight is 268 g/mol. The molecule has 2 rings (SSSR count). The Bertz CT molecular complexity index is 285. The molecule has 0 aromatic carbocycles. The SMILES string of the molecule is CC(C)(C)C(N)C(CO)N1CCCC2CCCCC21. The lowest BCUT2D eigenvalue weighted by atomic mass is 9.75. The maximum atomic E-state index is 9.88. The van der Waals surface area contributed by atoms with E-state index in [-0.39, 0.29) is 24.1 Å². The third-order valence-corrected chi connectivity index (χ3v) is 5.31. The summed E-state index contributed by atoms with van der Waals surface area (Å²) in [6, 6.07) is 0.845. The maximum absolute atomic E-state index is 9.88.